The second-order valence-electron chi connectivity index (χ2n) is 6.92. The monoisotopic (exact) mass is 394 g/mol. The van der Waals surface area contributed by atoms with Crippen LogP contribution in [0.25, 0.3) is 6.08 Å². The van der Waals surface area contributed by atoms with Crippen molar-refractivity contribution >= 4 is 17.9 Å². The summed E-state index contributed by atoms with van der Waals surface area (Å²) < 4.78 is 10.6. The molecular weight excluding hydrogens is 368 g/mol. The van der Waals surface area contributed by atoms with Crippen LogP contribution in [0.15, 0.2) is 48.5 Å². The van der Waals surface area contributed by atoms with Gasteiger partial charge in [0, 0.05) is 43.4 Å². The molecule has 0 unspecified atom stereocenters. The Morgan fingerprint density at radius 3 is 2.17 bits per heavy atom. The lowest BCUT2D eigenvalue weighted by molar-refractivity contribution is -0.127. The largest absolute Gasteiger partial charge is 0.497 e. The van der Waals surface area contributed by atoms with Gasteiger partial charge in [0.1, 0.15) is 11.5 Å². The molecule has 152 valence electrons. The molecule has 0 aromatic heterocycles. The van der Waals surface area contributed by atoms with Crippen LogP contribution in [-0.4, -0.2) is 62.0 Å². The van der Waals surface area contributed by atoms with Gasteiger partial charge in [-0.1, -0.05) is 17.7 Å². The summed E-state index contributed by atoms with van der Waals surface area (Å²) in [6.07, 6.45) is 3.27. The van der Waals surface area contributed by atoms with E-state index in [0.29, 0.717) is 43.2 Å². The number of benzene rings is 2. The zero-order chi connectivity index (χ0) is 20.8. The molecule has 1 saturated heterocycles. The normalized spacial score (nSPS) is 14.2. The van der Waals surface area contributed by atoms with E-state index < -0.39 is 0 Å². The molecule has 1 aliphatic heterocycles. The van der Waals surface area contributed by atoms with E-state index >= 15 is 0 Å². The van der Waals surface area contributed by atoms with Crippen LogP contribution in [0.4, 0.5) is 0 Å². The maximum Gasteiger partial charge on any atom is 0.253 e. The minimum Gasteiger partial charge on any atom is -0.497 e. The summed E-state index contributed by atoms with van der Waals surface area (Å²) in [5.74, 6) is 1.29. The highest BCUT2D eigenvalue weighted by molar-refractivity contribution is 5.95. The summed E-state index contributed by atoms with van der Waals surface area (Å²) in [5.41, 5.74) is 2.57. The number of carbonyl (C=O) groups is 2. The third kappa shape index (κ3) is 4.96. The lowest BCUT2D eigenvalue weighted by Gasteiger charge is -2.34. The van der Waals surface area contributed by atoms with Gasteiger partial charge in [-0.05, 0) is 43.3 Å². The molecule has 6 nitrogen and oxygen atoms in total. The number of nitrogens with zero attached hydrogens (tertiary/aromatic N) is 2. The van der Waals surface area contributed by atoms with Crippen LogP contribution < -0.4 is 9.47 Å². The van der Waals surface area contributed by atoms with Crippen LogP contribution in [0.5, 0.6) is 11.5 Å². The lowest BCUT2D eigenvalue weighted by Crippen LogP contribution is -2.50. The van der Waals surface area contributed by atoms with Gasteiger partial charge < -0.3 is 19.3 Å². The maximum atomic E-state index is 12.6. The molecule has 1 aliphatic rings. The zero-order valence-electron chi connectivity index (χ0n) is 17.1. The summed E-state index contributed by atoms with van der Waals surface area (Å²) >= 11 is 0. The maximum absolute atomic E-state index is 12.6. The van der Waals surface area contributed by atoms with Crippen LogP contribution in [0.2, 0.25) is 0 Å². The molecule has 0 N–H and O–H groups in total. The average Bonchev–Trinajstić information content (AvgIpc) is 2.77. The van der Waals surface area contributed by atoms with E-state index in [9.17, 15) is 9.59 Å². The molecule has 2 amide bonds. The van der Waals surface area contributed by atoms with Crippen LogP contribution in [0.1, 0.15) is 21.5 Å². The molecule has 3 rings (SSSR count). The predicted molar refractivity (Wildman–Crippen MR) is 112 cm³/mol. The van der Waals surface area contributed by atoms with E-state index in [0.717, 1.165) is 11.1 Å². The number of piperazine rings is 1. The van der Waals surface area contributed by atoms with Gasteiger partial charge in [0.15, 0.2) is 0 Å². The summed E-state index contributed by atoms with van der Waals surface area (Å²) in [5, 5.41) is 0. The van der Waals surface area contributed by atoms with Gasteiger partial charge in [0.25, 0.3) is 5.91 Å². The molecular formula is C23H26N2O4. The Morgan fingerprint density at radius 1 is 0.897 bits per heavy atom. The Balaban J connectivity index is 1.59. The number of methoxy groups -OCH3 is 2. The van der Waals surface area contributed by atoms with Crippen molar-refractivity contribution in [1.29, 1.82) is 0 Å². The summed E-state index contributed by atoms with van der Waals surface area (Å²) in [6, 6.07) is 13.0. The van der Waals surface area contributed by atoms with Gasteiger partial charge in [-0.15, -0.1) is 0 Å². The van der Waals surface area contributed by atoms with Gasteiger partial charge in [-0.2, -0.15) is 0 Å². The number of aryl methyl sites for hydroxylation is 1. The Bertz CT molecular complexity index is 898. The first kappa shape index (κ1) is 20.5. The van der Waals surface area contributed by atoms with Crippen LogP contribution in [-0.2, 0) is 4.79 Å². The first-order valence-corrected chi connectivity index (χ1v) is 9.57. The first-order valence-electron chi connectivity index (χ1n) is 9.57. The second kappa shape index (κ2) is 9.28. The summed E-state index contributed by atoms with van der Waals surface area (Å²) in [7, 11) is 3.18. The van der Waals surface area contributed by atoms with Gasteiger partial charge in [0.05, 0.1) is 14.2 Å². The fourth-order valence-electron chi connectivity index (χ4n) is 3.24. The molecule has 1 heterocycles. The molecule has 6 heteroatoms. The highest BCUT2D eigenvalue weighted by Crippen LogP contribution is 2.25. The van der Waals surface area contributed by atoms with Crippen molar-refractivity contribution in [2.75, 3.05) is 40.4 Å². The topological polar surface area (TPSA) is 59.1 Å². The fourth-order valence-corrected chi connectivity index (χ4v) is 3.24. The highest BCUT2D eigenvalue weighted by Gasteiger charge is 2.23. The van der Waals surface area contributed by atoms with Crippen molar-refractivity contribution in [2.45, 2.75) is 6.92 Å². The Kier molecular flexibility index (Phi) is 6.54. The number of hydrogen-bond donors (Lipinski definition) is 0. The molecule has 1 fully saturated rings. The number of carbonyl (C=O) groups excluding carboxylic acids is 2. The van der Waals surface area contributed by atoms with E-state index in [2.05, 4.69) is 0 Å². The average molecular weight is 394 g/mol. The number of rotatable bonds is 5. The smallest absolute Gasteiger partial charge is 0.253 e. The molecule has 0 aliphatic carbocycles. The van der Waals surface area contributed by atoms with Gasteiger partial charge in [-0.3, -0.25) is 9.59 Å². The standard InChI is InChI=1S/C23H26N2O4/c1-17-4-6-18(7-5-17)23(27)25-14-12-24(13-15-25)22(26)11-8-19-16-20(28-2)9-10-21(19)29-3/h4-11,16H,12-15H2,1-3H3/b11-8+. The third-order valence-electron chi connectivity index (χ3n) is 5.02. The van der Waals surface area contributed by atoms with E-state index in [1.807, 2.05) is 43.3 Å². The second-order valence-corrected chi connectivity index (χ2v) is 6.92. The number of amides is 2. The molecule has 0 radical (unpaired) electrons. The first-order chi connectivity index (χ1) is 14.0. The van der Waals surface area contributed by atoms with E-state index in [1.54, 1.807) is 36.2 Å². The van der Waals surface area contributed by atoms with Crippen LogP contribution in [0, 0.1) is 6.92 Å². The van der Waals surface area contributed by atoms with Crippen molar-refractivity contribution in [3.8, 4) is 11.5 Å². The Morgan fingerprint density at radius 2 is 1.55 bits per heavy atom. The third-order valence-corrected chi connectivity index (χ3v) is 5.02. The van der Waals surface area contributed by atoms with E-state index in [4.69, 9.17) is 9.47 Å². The quantitative estimate of drug-likeness (QED) is 0.732. The Hall–Kier alpha value is -3.28. The van der Waals surface area contributed by atoms with E-state index in [1.165, 1.54) is 6.08 Å². The summed E-state index contributed by atoms with van der Waals surface area (Å²) in [4.78, 5) is 28.7. The Labute approximate surface area is 171 Å². The lowest BCUT2D eigenvalue weighted by atomic mass is 10.1. The zero-order valence-corrected chi connectivity index (χ0v) is 17.1. The van der Waals surface area contributed by atoms with Crippen molar-refractivity contribution in [3.05, 3.63) is 65.2 Å². The van der Waals surface area contributed by atoms with E-state index in [-0.39, 0.29) is 11.8 Å². The highest BCUT2D eigenvalue weighted by atomic mass is 16.5. The van der Waals surface area contributed by atoms with Gasteiger partial charge in [-0.25, -0.2) is 0 Å². The minimum atomic E-state index is -0.0858. The minimum absolute atomic E-state index is 0.00811. The van der Waals surface area contributed by atoms with Gasteiger partial charge in [0.2, 0.25) is 5.91 Å². The van der Waals surface area contributed by atoms with Gasteiger partial charge >= 0.3 is 0 Å². The summed E-state index contributed by atoms with van der Waals surface area (Å²) in [6.45, 7) is 4.06. The van der Waals surface area contributed by atoms with Crippen molar-refractivity contribution in [3.63, 3.8) is 0 Å². The molecule has 0 spiro atoms. The molecule has 29 heavy (non-hydrogen) atoms. The van der Waals surface area contributed by atoms with Crippen LogP contribution >= 0.6 is 0 Å². The fraction of sp³-hybridized carbons (Fsp3) is 0.304. The molecule has 2 aromatic carbocycles. The molecule has 0 bridgehead atoms. The van der Waals surface area contributed by atoms with Crippen molar-refractivity contribution in [2.24, 2.45) is 0 Å². The molecule has 0 atom stereocenters. The number of ether oxygens (including phenoxy) is 2. The molecule has 2 aromatic rings. The van der Waals surface area contributed by atoms with Crippen LogP contribution in [0.3, 0.4) is 0 Å². The number of hydrogen-bond acceptors (Lipinski definition) is 4. The predicted octanol–water partition coefficient (Wildman–Crippen LogP) is 3.01. The molecule has 0 saturated carbocycles. The van der Waals surface area contributed by atoms with Crippen molar-refractivity contribution in [1.82, 2.24) is 9.80 Å². The SMILES string of the molecule is COc1ccc(OC)c(/C=C/C(=O)N2CCN(C(=O)c3ccc(C)cc3)CC2)c1. The van der Waals surface area contributed by atoms with Crippen molar-refractivity contribution < 1.29 is 19.1 Å².